The number of benzene rings is 1. The molecule has 6 nitrogen and oxygen atoms in total. The second-order valence-electron chi connectivity index (χ2n) is 6.40. The molecule has 1 unspecified atom stereocenters. The number of carbonyl (C=O) groups excluding carboxylic acids is 2. The minimum absolute atomic E-state index is 0.0459. The zero-order valence-electron chi connectivity index (χ0n) is 15.0. The quantitative estimate of drug-likeness (QED) is 0.785. The lowest BCUT2D eigenvalue weighted by atomic mass is 10.2. The van der Waals surface area contributed by atoms with Crippen molar-refractivity contribution in [2.75, 3.05) is 45.8 Å². The van der Waals surface area contributed by atoms with Gasteiger partial charge in [-0.25, -0.2) is 0 Å². The number of nitrogens with zero attached hydrogens (tertiary/aromatic N) is 4. The van der Waals surface area contributed by atoms with Crippen LogP contribution in [0.3, 0.4) is 0 Å². The third kappa shape index (κ3) is 5.30. The lowest BCUT2D eigenvalue weighted by molar-refractivity contribution is -0.132. The number of amides is 2. The van der Waals surface area contributed by atoms with Crippen LogP contribution in [0.1, 0.15) is 24.2 Å². The Balaban J connectivity index is 1.83. The summed E-state index contributed by atoms with van der Waals surface area (Å²) in [5.41, 5.74) is 0.703. The van der Waals surface area contributed by atoms with Gasteiger partial charge >= 0.3 is 0 Å². The molecular weight excluding hydrogens is 316 g/mol. The lowest BCUT2D eigenvalue weighted by Crippen LogP contribution is -2.51. The van der Waals surface area contributed by atoms with Gasteiger partial charge in [0.1, 0.15) is 0 Å². The monoisotopic (exact) mass is 342 g/mol. The van der Waals surface area contributed by atoms with Gasteiger partial charge in [-0.3, -0.25) is 14.5 Å². The van der Waals surface area contributed by atoms with E-state index in [0.717, 1.165) is 0 Å². The van der Waals surface area contributed by atoms with E-state index < -0.39 is 0 Å². The Morgan fingerprint density at radius 1 is 1.20 bits per heavy atom. The molecule has 1 aliphatic rings. The highest BCUT2D eigenvalue weighted by Gasteiger charge is 2.24. The van der Waals surface area contributed by atoms with Crippen molar-refractivity contribution in [2.45, 2.75) is 13.8 Å². The fourth-order valence-corrected chi connectivity index (χ4v) is 2.94. The molecule has 0 aliphatic carbocycles. The van der Waals surface area contributed by atoms with E-state index in [1.807, 2.05) is 49.1 Å². The normalized spacial score (nSPS) is 16.1. The molecule has 0 bridgehead atoms. The molecule has 1 fully saturated rings. The first kappa shape index (κ1) is 18.9. The van der Waals surface area contributed by atoms with Crippen molar-refractivity contribution >= 4 is 11.8 Å². The topological polar surface area (TPSA) is 67.7 Å². The standard InChI is InChI=1S/C19H26N4O2/c1-3-22(14-16(2)13-20)18(24)15-21-9-11-23(12-10-21)19(25)17-7-5-4-6-8-17/h4-8,16H,3,9-12,14-15H2,1-2H3. The summed E-state index contributed by atoms with van der Waals surface area (Å²) in [5, 5.41) is 8.92. The summed E-state index contributed by atoms with van der Waals surface area (Å²) >= 11 is 0. The third-order valence-electron chi connectivity index (χ3n) is 4.49. The molecule has 1 aliphatic heterocycles. The van der Waals surface area contributed by atoms with Crippen LogP contribution >= 0.6 is 0 Å². The van der Waals surface area contributed by atoms with Gasteiger partial charge in [-0.05, 0) is 26.0 Å². The fourth-order valence-electron chi connectivity index (χ4n) is 2.94. The molecule has 1 heterocycles. The summed E-state index contributed by atoms with van der Waals surface area (Å²) in [7, 11) is 0. The highest BCUT2D eigenvalue weighted by atomic mass is 16.2. The molecule has 0 saturated carbocycles. The van der Waals surface area contributed by atoms with E-state index in [4.69, 9.17) is 5.26 Å². The second kappa shape index (κ2) is 9.19. The second-order valence-corrected chi connectivity index (χ2v) is 6.40. The Bertz CT molecular complexity index is 618. The van der Waals surface area contributed by atoms with E-state index in [2.05, 4.69) is 11.0 Å². The number of nitriles is 1. The van der Waals surface area contributed by atoms with Gasteiger partial charge < -0.3 is 9.80 Å². The highest BCUT2D eigenvalue weighted by Crippen LogP contribution is 2.09. The smallest absolute Gasteiger partial charge is 0.253 e. The van der Waals surface area contributed by atoms with E-state index >= 15 is 0 Å². The van der Waals surface area contributed by atoms with E-state index in [-0.39, 0.29) is 17.7 Å². The number of hydrogen-bond acceptors (Lipinski definition) is 4. The van der Waals surface area contributed by atoms with Gasteiger partial charge in [0.25, 0.3) is 5.91 Å². The van der Waals surface area contributed by atoms with Crippen molar-refractivity contribution < 1.29 is 9.59 Å². The zero-order chi connectivity index (χ0) is 18.2. The van der Waals surface area contributed by atoms with Crippen LogP contribution in [0.25, 0.3) is 0 Å². The Morgan fingerprint density at radius 2 is 1.84 bits per heavy atom. The van der Waals surface area contributed by atoms with Crippen molar-refractivity contribution in [1.29, 1.82) is 5.26 Å². The molecular formula is C19H26N4O2. The van der Waals surface area contributed by atoms with Crippen LogP contribution in [0.5, 0.6) is 0 Å². The number of carbonyl (C=O) groups is 2. The molecule has 6 heteroatoms. The average Bonchev–Trinajstić information content (AvgIpc) is 2.66. The van der Waals surface area contributed by atoms with Gasteiger partial charge in [-0.15, -0.1) is 0 Å². The van der Waals surface area contributed by atoms with Crippen molar-refractivity contribution in [3.63, 3.8) is 0 Å². The molecule has 0 spiro atoms. The maximum absolute atomic E-state index is 12.4. The van der Waals surface area contributed by atoms with Crippen LogP contribution in [-0.2, 0) is 4.79 Å². The van der Waals surface area contributed by atoms with Crippen molar-refractivity contribution in [3.8, 4) is 6.07 Å². The summed E-state index contributed by atoms with van der Waals surface area (Å²) in [6, 6.07) is 11.5. The van der Waals surface area contributed by atoms with E-state index in [1.54, 1.807) is 4.90 Å². The molecule has 1 atom stereocenters. The van der Waals surface area contributed by atoms with Gasteiger partial charge in [0.15, 0.2) is 0 Å². The van der Waals surface area contributed by atoms with Crippen LogP contribution in [0.15, 0.2) is 30.3 Å². The molecule has 1 aromatic carbocycles. The maximum Gasteiger partial charge on any atom is 0.253 e. The molecule has 2 amide bonds. The van der Waals surface area contributed by atoms with Gasteiger partial charge in [0.05, 0.1) is 18.5 Å². The molecule has 1 aromatic rings. The largest absolute Gasteiger partial charge is 0.341 e. The molecule has 2 rings (SSSR count). The van der Waals surface area contributed by atoms with Gasteiger partial charge in [0.2, 0.25) is 5.91 Å². The fraction of sp³-hybridized carbons (Fsp3) is 0.526. The summed E-state index contributed by atoms with van der Waals surface area (Å²) in [6.07, 6.45) is 0. The van der Waals surface area contributed by atoms with Gasteiger partial charge in [0, 0.05) is 44.8 Å². The van der Waals surface area contributed by atoms with E-state index in [1.165, 1.54) is 0 Å². The van der Waals surface area contributed by atoms with E-state index in [0.29, 0.717) is 51.4 Å². The van der Waals surface area contributed by atoms with Gasteiger partial charge in [-0.1, -0.05) is 18.2 Å². The number of likely N-dealkylation sites (N-methyl/N-ethyl adjacent to an activating group) is 1. The first-order valence-corrected chi connectivity index (χ1v) is 8.79. The van der Waals surface area contributed by atoms with Crippen LogP contribution < -0.4 is 0 Å². The minimum Gasteiger partial charge on any atom is -0.341 e. The number of hydrogen-bond donors (Lipinski definition) is 0. The maximum atomic E-state index is 12.4. The number of rotatable bonds is 6. The Kier molecular flexibility index (Phi) is 6.96. The van der Waals surface area contributed by atoms with Crippen LogP contribution in [0.2, 0.25) is 0 Å². The van der Waals surface area contributed by atoms with Crippen molar-refractivity contribution in [3.05, 3.63) is 35.9 Å². The Labute approximate surface area is 149 Å². The van der Waals surface area contributed by atoms with Crippen LogP contribution in [-0.4, -0.2) is 72.3 Å². The summed E-state index contributed by atoms with van der Waals surface area (Å²) < 4.78 is 0. The third-order valence-corrected chi connectivity index (χ3v) is 4.49. The highest BCUT2D eigenvalue weighted by molar-refractivity contribution is 5.94. The van der Waals surface area contributed by atoms with Crippen molar-refractivity contribution in [1.82, 2.24) is 14.7 Å². The molecule has 0 N–H and O–H groups in total. The Hall–Kier alpha value is -2.39. The molecule has 0 aromatic heterocycles. The number of piperazine rings is 1. The SMILES string of the molecule is CCN(CC(C)C#N)C(=O)CN1CCN(C(=O)c2ccccc2)CC1. The molecule has 25 heavy (non-hydrogen) atoms. The minimum atomic E-state index is -0.163. The molecule has 1 saturated heterocycles. The molecule has 0 radical (unpaired) electrons. The summed E-state index contributed by atoms with van der Waals surface area (Å²) in [5.74, 6) is -0.0683. The van der Waals surface area contributed by atoms with Gasteiger partial charge in [-0.2, -0.15) is 5.26 Å². The van der Waals surface area contributed by atoms with Crippen LogP contribution in [0, 0.1) is 17.2 Å². The first-order chi connectivity index (χ1) is 12.0. The first-order valence-electron chi connectivity index (χ1n) is 8.79. The average molecular weight is 342 g/mol. The Morgan fingerprint density at radius 3 is 2.40 bits per heavy atom. The molecule has 134 valence electrons. The summed E-state index contributed by atoms with van der Waals surface area (Å²) in [6.45, 7) is 7.81. The predicted molar refractivity (Wildman–Crippen MR) is 95.8 cm³/mol. The van der Waals surface area contributed by atoms with Crippen LogP contribution in [0.4, 0.5) is 0 Å². The van der Waals surface area contributed by atoms with E-state index in [9.17, 15) is 9.59 Å². The van der Waals surface area contributed by atoms with Crippen molar-refractivity contribution in [2.24, 2.45) is 5.92 Å². The zero-order valence-corrected chi connectivity index (χ0v) is 15.0. The predicted octanol–water partition coefficient (Wildman–Crippen LogP) is 1.45. The lowest BCUT2D eigenvalue weighted by Gasteiger charge is -2.35. The summed E-state index contributed by atoms with van der Waals surface area (Å²) in [4.78, 5) is 30.5.